The fraction of sp³-hybridized carbons (Fsp3) is 0.400. The largest absolute Gasteiger partial charge is 0.488 e. The minimum absolute atomic E-state index is 0.00554. The Morgan fingerprint density at radius 1 is 1.36 bits per heavy atom. The minimum Gasteiger partial charge on any atom is -0.488 e. The SMILES string of the molecule is COc1nn(C)cc1C(=O)N1CC[C@H](Oc2ccncc2)C1. The fourth-order valence-corrected chi connectivity index (χ4v) is 2.55. The molecule has 2 aromatic heterocycles. The van der Waals surface area contributed by atoms with E-state index in [4.69, 9.17) is 9.47 Å². The number of carbonyl (C=O) groups is 1. The van der Waals surface area contributed by atoms with Crippen molar-refractivity contribution < 1.29 is 14.3 Å². The Morgan fingerprint density at radius 3 is 2.86 bits per heavy atom. The summed E-state index contributed by atoms with van der Waals surface area (Å²) < 4.78 is 12.6. The molecule has 1 saturated heterocycles. The molecule has 0 unspecified atom stereocenters. The molecule has 1 amide bonds. The van der Waals surface area contributed by atoms with Crippen molar-refractivity contribution in [3.63, 3.8) is 0 Å². The lowest BCUT2D eigenvalue weighted by atomic mass is 10.3. The number of nitrogens with zero attached hydrogens (tertiary/aromatic N) is 4. The summed E-state index contributed by atoms with van der Waals surface area (Å²) in [5, 5.41) is 4.12. The highest BCUT2D eigenvalue weighted by Crippen LogP contribution is 2.22. The van der Waals surface area contributed by atoms with E-state index in [9.17, 15) is 4.79 Å². The predicted molar refractivity (Wildman–Crippen MR) is 78.9 cm³/mol. The molecule has 1 fully saturated rings. The van der Waals surface area contributed by atoms with Crippen LogP contribution in [0.2, 0.25) is 0 Å². The van der Waals surface area contributed by atoms with E-state index < -0.39 is 0 Å². The van der Waals surface area contributed by atoms with Crippen LogP contribution in [0.4, 0.5) is 0 Å². The number of amides is 1. The summed E-state index contributed by atoms with van der Waals surface area (Å²) in [6.45, 7) is 1.21. The molecule has 1 aliphatic rings. The number of likely N-dealkylation sites (tertiary alicyclic amines) is 1. The summed E-state index contributed by atoms with van der Waals surface area (Å²) in [7, 11) is 3.27. The number of hydrogen-bond acceptors (Lipinski definition) is 5. The summed E-state index contributed by atoms with van der Waals surface area (Å²) in [5.74, 6) is 1.05. The first kappa shape index (κ1) is 14.4. The molecular weight excluding hydrogens is 284 g/mol. The third-order valence-corrected chi connectivity index (χ3v) is 3.60. The molecule has 0 N–H and O–H groups in total. The Hall–Kier alpha value is -2.57. The molecule has 1 atom stereocenters. The van der Waals surface area contributed by atoms with Crippen LogP contribution >= 0.6 is 0 Å². The standard InChI is InChI=1S/C15H18N4O3/c1-18-10-13(14(17-18)21-2)15(20)19-8-5-12(9-19)22-11-3-6-16-7-4-11/h3-4,6-7,10,12H,5,8-9H2,1-2H3/t12-/m0/s1. The van der Waals surface area contributed by atoms with Gasteiger partial charge in [-0.25, -0.2) is 0 Å². The van der Waals surface area contributed by atoms with E-state index in [1.54, 1.807) is 35.2 Å². The van der Waals surface area contributed by atoms with Gasteiger partial charge in [-0.1, -0.05) is 0 Å². The molecule has 3 rings (SSSR count). The van der Waals surface area contributed by atoms with E-state index in [-0.39, 0.29) is 12.0 Å². The van der Waals surface area contributed by atoms with Crippen molar-refractivity contribution in [3.05, 3.63) is 36.3 Å². The Kier molecular flexibility index (Phi) is 3.95. The van der Waals surface area contributed by atoms with Gasteiger partial charge in [-0.05, 0) is 12.1 Å². The number of ether oxygens (including phenoxy) is 2. The minimum atomic E-state index is -0.0780. The Bertz CT molecular complexity index is 656. The second-order valence-corrected chi connectivity index (χ2v) is 5.19. The number of aryl methyl sites for hydroxylation is 1. The second-order valence-electron chi connectivity index (χ2n) is 5.19. The Morgan fingerprint density at radius 2 is 2.14 bits per heavy atom. The highest BCUT2D eigenvalue weighted by Gasteiger charge is 2.30. The molecule has 22 heavy (non-hydrogen) atoms. The van der Waals surface area contributed by atoms with Gasteiger partial charge in [0.25, 0.3) is 5.91 Å². The quantitative estimate of drug-likeness (QED) is 0.846. The third kappa shape index (κ3) is 2.88. The lowest BCUT2D eigenvalue weighted by molar-refractivity contribution is 0.0769. The number of aromatic nitrogens is 3. The molecular formula is C15H18N4O3. The first-order valence-electron chi connectivity index (χ1n) is 7.11. The van der Waals surface area contributed by atoms with Gasteiger partial charge in [-0.3, -0.25) is 14.5 Å². The van der Waals surface area contributed by atoms with Gasteiger partial charge in [0, 0.05) is 38.6 Å². The van der Waals surface area contributed by atoms with Crippen molar-refractivity contribution in [1.82, 2.24) is 19.7 Å². The van der Waals surface area contributed by atoms with E-state index in [2.05, 4.69) is 10.1 Å². The Labute approximate surface area is 128 Å². The molecule has 7 heteroatoms. The molecule has 1 aliphatic heterocycles. The van der Waals surface area contributed by atoms with Crippen molar-refractivity contribution in [2.45, 2.75) is 12.5 Å². The topological polar surface area (TPSA) is 69.5 Å². The second kappa shape index (κ2) is 6.05. The van der Waals surface area contributed by atoms with Crippen LogP contribution in [0.1, 0.15) is 16.8 Å². The molecule has 2 aromatic rings. The highest BCUT2D eigenvalue weighted by atomic mass is 16.5. The fourth-order valence-electron chi connectivity index (χ4n) is 2.55. The molecule has 116 valence electrons. The maximum absolute atomic E-state index is 12.6. The van der Waals surface area contributed by atoms with Crippen LogP contribution in [0.15, 0.2) is 30.7 Å². The Balaban J connectivity index is 1.66. The number of pyridine rings is 1. The maximum Gasteiger partial charge on any atom is 0.261 e. The molecule has 7 nitrogen and oxygen atoms in total. The average Bonchev–Trinajstić information content (AvgIpc) is 3.14. The van der Waals surface area contributed by atoms with Crippen LogP contribution in [0.3, 0.4) is 0 Å². The van der Waals surface area contributed by atoms with Crippen LogP contribution in [0.5, 0.6) is 11.6 Å². The predicted octanol–water partition coefficient (Wildman–Crippen LogP) is 1.12. The molecule has 0 spiro atoms. The van der Waals surface area contributed by atoms with E-state index >= 15 is 0 Å². The van der Waals surface area contributed by atoms with Gasteiger partial charge in [0.15, 0.2) is 0 Å². The van der Waals surface area contributed by atoms with Gasteiger partial charge in [0.1, 0.15) is 17.4 Å². The zero-order chi connectivity index (χ0) is 15.5. The van der Waals surface area contributed by atoms with Crippen LogP contribution in [-0.2, 0) is 7.05 Å². The first-order valence-corrected chi connectivity index (χ1v) is 7.11. The van der Waals surface area contributed by atoms with Gasteiger partial charge in [0.05, 0.1) is 13.7 Å². The van der Waals surface area contributed by atoms with Gasteiger partial charge >= 0.3 is 0 Å². The summed E-state index contributed by atoms with van der Waals surface area (Å²) >= 11 is 0. The maximum atomic E-state index is 12.6. The third-order valence-electron chi connectivity index (χ3n) is 3.60. The molecule has 3 heterocycles. The van der Waals surface area contributed by atoms with E-state index in [0.717, 1.165) is 12.2 Å². The monoisotopic (exact) mass is 302 g/mol. The van der Waals surface area contributed by atoms with Crippen LogP contribution in [-0.4, -0.2) is 51.9 Å². The van der Waals surface area contributed by atoms with Crippen molar-refractivity contribution in [2.24, 2.45) is 7.05 Å². The average molecular weight is 302 g/mol. The van der Waals surface area contributed by atoms with Crippen molar-refractivity contribution in [2.75, 3.05) is 20.2 Å². The lowest BCUT2D eigenvalue weighted by Crippen LogP contribution is -2.31. The number of hydrogen-bond donors (Lipinski definition) is 0. The number of carbonyl (C=O) groups excluding carboxylic acids is 1. The van der Waals surface area contributed by atoms with Crippen LogP contribution in [0.25, 0.3) is 0 Å². The molecule has 0 aromatic carbocycles. The van der Waals surface area contributed by atoms with Crippen molar-refractivity contribution >= 4 is 5.91 Å². The summed E-state index contributed by atoms with van der Waals surface area (Å²) in [6, 6.07) is 3.63. The van der Waals surface area contributed by atoms with E-state index in [1.165, 1.54) is 7.11 Å². The smallest absolute Gasteiger partial charge is 0.261 e. The zero-order valence-corrected chi connectivity index (χ0v) is 12.6. The van der Waals surface area contributed by atoms with Gasteiger partial charge < -0.3 is 14.4 Å². The van der Waals surface area contributed by atoms with Crippen LogP contribution in [0, 0.1) is 0 Å². The molecule has 0 bridgehead atoms. The summed E-state index contributed by atoms with van der Waals surface area (Å²) in [6.07, 6.45) is 5.85. The highest BCUT2D eigenvalue weighted by molar-refractivity contribution is 5.96. The van der Waals surface area contributed by atoms with Gasteiger partial charge in [0.2, 0.25) is 5.88 Å². The summed E-state index contributed by atoms with van der Waals surface area (Å²) in [4.78, 5) is 18.3. The normalized spacial score (nSPS) is 17.5. The van der Waals surface area contributed by atoms with Gasteiger partial charge in [-0.15, -0.1) is 5.10 Å². The molecule has 0 saturated carbocycles. The molecule has 0 radical (unpaired) electrons. The van der Waals surface area contributed by atoms with Gasteiger partial charge in [-0.2, -0.15) is 0 Å². The van der Waals surface area contributed by atoms with E-state index in [1.807, 2.05) is 12.1 Å². The van der Waals surface area contributed by atoms with Crippen molar-refractivity contribution in [1.29, 1.82) is 0 Å². The lowest BCUT2D eigenvalue weighted by Gasteiger charge is -2.16. The number of rotatable bonds is 4. The van der Waals surface area contributed by atoms with Crippen LogP contribution < -0.4 is 9.47 Å². The number of methoxy groups -OCH3 is 1. The van der Waals surface area contributed by atoms with E-state index in [0.29, 0.717) is 24.5 Å². The zero-order valence-electron chi connectivity index (χ0n) is 12.6. The van der Waals surface area contributed by atoms with Crippen molar-refractivity contribution in [3.8, 4) is 11.6 Å². The first-order chi connectivity index (χ1) is 10.7. The molecule has 0 aliphatic carbocycles. The summed E-state index contributed by atoms with van der Waals surface area (Å²) in [5.41, 5.74) is 0.481.